The number of hydrogen-bond donors (Lipinski definition) is 0. The smallest absolute Gasteiger partial charge is 0.160 e. The predicted octanol–water partition coefficient (Wildman–Crippen LogP) is 15.3. The van der Waals surface area contributed by atoms with Gasteiger partial charge in [0.1, 0.15) is 0 Å². The number of para-hydroxylation sites is 3. The molecule has 0 aliphatic rings. The van der Waals surface area contributed by atoms with E-state index in [1.54, 1.807) is 0 Å². The van der Waals surface area contributed by atoms with Crippen molar-refractivity contribution in [2.75, 3.05) is 0 Å². The van der Waals surface area contributed by atoms with Crippen LogP contribution in [0.4, 0.5) is 0 Å². The summed E-state index contributed by atoms with van der Waals surface area (Å²) in [5.74, 6) is 0.692. The first-order valence-corrected chi connectivity index (χ1v) is 21.5. The van der Waals surface area contributed by atoms with Crippen LogP contribution in [0.5, 0.6) is 0 Å². The average molecular weight is 805 g/mol. The molecule has 0 fully saturated rings. The molecule has 0 unspecified atom stereocenters. The fraction of sp³-hybridized carbons (Fsp3) is 0.0169. The SMILES string of the molecule is Cc1ccccc1-c1ccc2c(c1)c1ccccc1n2-c1ccc(-c2cc(-c3ccccc3)nc(-c3ccccc3)n2)cc1-c1cccc(-n2c3ccccc3c3ccccc32)c1. The first-order chi connectivity index (χ1) is 31.2. The van der Waals surface area contributed by atoms with Crippen molar-refractivity contribution in [3.8, 4) is 67.5 Å². The van der Waals surface area contributed by atoms with E-state index >= 15 is 0 Å². The van der Waals surface area contributed by atoms with Gasteiger partial charge in [-0.1, -0.05) is 164 Å². The summed E-state index contributed by atoms with van der Waals surface area (Å²) in [6.07, 6.45) is 0. The molecule has 0 N–H and O–H groups in total. The van der Waals surface area contributed by atoms with Crippen LogP contribution in [0.25, 0.3) is 111 Å². The molecule has 4 heteroatoms. The molecule has 63 heavy (non-hydrogen) atoms. The molecule has 0 amide bonds. The summed E-state index contributed by atoms with van der Waals surface area (Å²) in [4.78, 5) is 10.4. The molecule has 12 aromatic rings. The lowest BCUT2D eigenvalue weighted by molar-refractivity contribution is 1.16. The number of fused-ring (bicyclic) bond motifs is 6. The number of benzene rings is 9. The van der Waals surface area contributed by atoms with E-state index in [4.69, 9.17) is 9.97 Å². The van der Waals surface area contributed by atoms with Crippen molar-refractivity contribution in [1.29, 1.82) is 0 Å². The maximum atomic E-state index is 5.28. The lowest BCUT2D eigenvalue weighted by atomic mass is 9.97. The van der Waals surface area contributed by atoms with Gasteiger partial charge in [0.15, 0.2) is 5.82 Å². The van der Waals surface area contributed by atoms with E-state index < -0.39 is 0 Å². The van der Waals surface area contributed by atoms with E-state index in [1.807, 2.05) is 24.3 Å². The molecule has 0 radical (unpaired) electrons. The minimum Gasteiger partial charge on any atom is -0.309 e. The molecule has 3 aromatic heterocycles. The average Bonchev–Trinajstić information content (AvgIpc) is 3.87. The van der Waals surface area contributed by atoms with Crippen LogP contribution in [0.3, 0.4) is 0 Å². The van der Waals surface area contributed by atoms with Gasteiger partial charge in [-0.2, -0.15) is 0 Å². The van der Waals surface area contributed by atoms with Crippen molar-refractivity contribution in [3.05, 3.63) is 230 Å². The topological polar surface area (TPSA) is 35.6 Å². The second-order valence-corrected chi connectivity index (χ2v) is 16.2. The molecule has 12 rings (SSSR count). The molecular formula is C59H40N4. The summed E-state index contributed by atoms with van der Waals surface area (Å²) < 4.78 is 4.84. The van der Waals surface area contributed by atoms with Gasteiger partial charge in [0.05, 0.1) is 39.1 Å². The Hall–Kier alpha value is -8.34. The first kappa shape index (κ1) is 36.5. The number of nitrogens with zero attached hydrogens (tertiary/aromatic N) is 4. The summed E-state index contributed by atoms with van der Waals surface area (Å²) in [5, 5.41) is 4.91. The zero-order valence-electron chi connectivity index (χ0n) is 34.7. The molecule has 0 spiro atoms. The van der Waals surface area contributed by atoms with Gasteiger partial charge in [-0.15, -0.1) is 0 Å². The van der Waals surface area contributed by atoms with Crippen molar-refractivity contribution in [3.63, 3.8) is 0 Å². The summed E-state index contributed by atoms with van der Waals surface area (Å²) in [6, 6.07) is 80.4. The van der Waals surface area contributed by atoms with E-state index in [-0.39, 0.29) is 0 Å². The third kappa shape index (κ3) is 6.23. The zero-order valence-corrected chi connectivity index (χ0v) is 34.7. The van der Waals surface area contributed by atoms with Crippen molar-refractivity contribution in [1.82, 2.24) is 19.1 Å². The van der Waals surface area contributed by atoms with Crippen LogP contribution in [0, 0.1) is 6.92 Å². The maximum absolute atomic E-state index is 5.28. The van der Waals surface area contributed by atoms with Gasteiger partial charge >= 0.3 is 0 Å². The fourth-order valence-corrected chi connectivity index (χ4v) is 9.50. The van der Waals surface area contributed by atoms with E-state index in [2.05, 4.69) is 216 Å². The summed E-state index contributed by atoms with van der Waals surface area (Å²) >= 11 is 0. The van der Waals surface area contributed by atoms with E-state index in [1.165, 1.54) is 49.3 Å². The highest BCUT2D eigenvalue weighted by Gasteiger charge is 2.20. The third-order valence-corrected chi connectivity index (χ3v) is 12.5. The Morgan fingerprint density at radius 2 is 0.841 bits per heavy atom. The molecule has 9 aromatic carbocycles. The lowest BCUT2D eigenvalue weighted by Crippen LogP contribution is -2.00. The van der Waals surface area contributed by atoms with Crippen molar-refractivity contribution >= 4 is 43.6 Å². The predicted molar refractivity (Wildman–Crippen MR) is 263 cm³/mol. The van der Waals surface area contributed by atoms with Crippen LogP contribution >= 0.6 is 0 Å². The number of rotatable bonds is 7. The number of hydrogen-bond acceptors (Lipinski definition) is 2. The fourth-order valence-electron chi connectivity index (χ4n) is 9.50. The van der Waals surface area contributed by atoms with Gasteiger partial charge in [-0.3, -0.25) is 0 Å². The third-order valence-electron chi connectivity index (χ3n) is 12.5. The van der Waals surface area contributed by atoms with Gasteiger partial charge in [0, 0.05) is 49.5 Å². The van der Waals surface area contributed by atoms with E-state index in [0.29, 0.717) is 5.82 Å². The first-order valence-electron chi connectivity index (χ1n) is 21.5. The van der Waals surface area contributed by atoms with Gasteiger partial charge < -0.3 is 9.13 Å². The molecule has 4 nitrogen and oxygen atoms in total. The summed E-state index contributed by atoms with van der Waals surface area (Å²) in [7, 11) is 0. The van der Waals surface area contributed by atoms with Gasteiger partial charge in [-0.25, -0.2) is 9.97 Å². The van der Waals surface area contributed by atoms with Crippen LogP contribution in [0.15, 0.2) is 224 Å². The van der Waals surface area contributed by atoms with Crippen molar-refractivity contribution in [2.45, 2.75) is 6.92 Å². The molecule has 0 atom stereocenters. The normalized spacial score (nSPS) is 11.6. The molecule has 0 aliphatic heterocycles. The molecule has 3 heterocycles. The quantitative estimate of drug-likeness (QED) is 0.161. The second-order valence-electron chi connectivity index (χ2n) is 16.2. The van der Waals surface area contributed by atoms with Crippen LogP contribution < -0.4 is 0 Å². The Morgan fingerprint density at radius 3 is 1.54 bits per heavy atom. The highest BCUT2D eigenvalue weighted by atomic mass is 15.0. The van der Waals surface area contributed by atoms with Crippen molar-refractivity contribution in [2.24, 2.45) is 0 Å². The molecular weight excluding hydrogens is 765 g/mol. The van der Waals surface area contributed by atoms with Crippen LogP contribution in [-0.4, -0.2) is 19.1 Å². The molecule has 0 bridgehead atoms. The van der Waals surface area contributed by atoms with Gasteiger partial charge in [0.2, 0.25) is 0 Å². The highest BCUT2D eigenvalue weighted by molar-refractivity contribution is 6.12. The maximum Gasteiger partial charge on any atom is 0.160 e. The Kier molecular flexibility index (Phi) is 8.68. The molecule has 0 saturated heterocycles. The molecule has 0 saturated carbocycles. The Morgan fingerprint density at radius 1 is 0.317 bits per heavy atom. The standard InChI is InChI=1S/C59H40N4/c1-39-17-8-9-24-46(39)43-31-33-58-51(36-43)49-27-12-15-30-56(49)63(58)57-34-32-44(53-38-52(40-18-4-2-5-19-40)60-59(61-53)41-20-6-3-7-21-41)37-50(57)42-22-16-23-45(35-42)62-54-28-13-10-25-47(54)48-26-11-14-29-55(48)62/h2-38H,1H3. The number of aryl methyl sites for hydroxylation is 1. The van der Waals surface area contributed by atoms with Crippen LogP contribution in [0.2, 0.25) is 0 Å². The zero-order chi connectivity index (χ0) is 41.9. The molecule has 0 aliphatic carbocycles. The van der Waals surface area contributed by atoms with Gasteiger partial charge in [0.25, 0.3) is 0 Å². The minimum atomic E-state index is 0.692. The van der Waals surface area contributed by atoms with Crippen LogP contribution in [0.1, 0.15) is 5.56 Å². The monoisotopic (exact) mass is 804 g/mol. The van der Waals surface area contributed by atoms with Crippen molar-refractivity contribution < 1.29 is 0 Å². The largest absolute Gasteiger partial charge is 0.309 e. The minimum absolute atomic E-state index is 0.692. The Bertz CT molecular complexity index is 3580. The number of aromatic nitrogens is 4. The van der Waals surface area contributed by atoms with E-state index in [0.717, 1.165) is 61.6 Å². The summed E-state index contributed by atoms with van der Waals surface area (Å²) in [6.45, 7) is 2.19. The molecule has 296 valence electrons. The van der Waals surface area contributed by atoms with Crippen LogP contribution in [-0.2, 0) is 0 Å². The van der Waals surface area contributed by atoms with E-state index in [9.17, 15) is 0 Å². The highest BCUT2D eigenvalue weighted by Crippen LogP contribution is 2.41. The Labute approximate surface area is 365 Å². The second kappa shape index (κ2) is 15.0. The Balaban J connectivity index is 1.12. The van der Waals surface area contributed by atoms with Gasteiger partial charge in [-0.05, 0) is 89.8 Å². The summed E-state index contributed by atoms with van der Waals surface area (Å²) in [5.41, 5.74) is 17.6. The lowest BCUT2D eigenvalue weighted by Gasteiger charge is -2.18.